The maximum atomic E-state index is 11.3. The van der Waals surface area contributed by atoms with E-state index in [1.807, 2.05) is 6.07 Å². The van der Waals surface area contributed by atoms with Gasteiger partial charge in [0, 0.05) is 13.6 Å². The predicted octanol–water partition coefficient (Wildman–Crippen LogP) is 2.80. The summed E-state index contributed by atoms with van der Waals surface area (Å²) in [6, 6.07) is 2.91. The summed E-state index contributed by atoms with van der Waals surface area (Å²) in [5.74, 6) is 0. The minimum atomic E-state index is -1.55. The van der Waals surface area contributed by atoms with E-state index in [1.54, 1.807) is 7.05 Å². The first-order valence-electron chi connectivity index (χ1n) is 5.30. The second-order valence-corrected chi connectivity index (χ2v) is 11.3. The van der Waals surface area contributed by atoms with E-state index in [-0.39, 0.29) is 6.09 Å². The number of amides is 1. The first-order chi connectivity index (χ1) is 7.37. The summed E-state index contributed by atoms with van der Waals surface area (Å²) in [7, 11) is 0.0718. The number of hydrogen-bond acceptors (Lipinski definition) is 3. The van der Waals surface area contributed by atoms with Gasteiger partial charge in [0.05, 0.1) is 19.1 Å². The number of hydrogen-bond donors (Lipinski definition) is 0. The summed E-state index contributed by atoms with van der Waals surface area (Å²) in [6.45, 7) is 4.94. The molecule has 0 unspecified atom stereocenters. The molecule has 6 heteroatoms. The quantitative estimate of drug-likeness (QED) is 0.420. The van der Waals surface area contributed by atoms with Crippen molar-refractivity contribution in [3.63, 3.8) is 0 Å². The maximum absolute atomic E-state index is 11.3. The van der Waals surface area contributed by atoms with E-state index in [9.17, 15) is 4.79 Å². The van der Waals surface area contributed by atoms with E-state index in [1.165, 1.54) is 4.90 Å². The molecule has 0 aromatic rings. The van der Waals surface area contributed by atoms with Crippen LogP contribution >= 0.6 is 11.1 Å². The minimum absolute atomic E-state index is 0.327. The number of rotatable bonds is 6. The van der Waals surface area contributed by atoms with Crippen LogP contribution in [-0.2, 0) is 4.74 Å². The second-order valence-electron chi connectivity index (χ2n) is 4.27. The zero-order valence-electron chi connectivity index (χ0n) is 10.1. The largest absolute Gasteiger partial charge is 0.449 e. The molecule has 0 aromatic heterocycles. The summed E-state index contributed by atoms with van der Waals surface area (Å²) >= 11 is 6.13. The highest BCUT2D eigenvalue weighted by Crippen LogP contribution is 2.16. The Kier molecular flexibility index (Phi) is 7.18. The fraction of sp³-hybridized carbons (Fsp3) is 0.800. The van der Waals surface area contributed by atoms with Gasteiger partial charge in [-0.3, -0.25) is 0 Å². The highest BCUT2D eigenvalue weighted by Gasteiger charge is 2.16. The standard InChI is InChI=1S/C10H19ClN2O2Si/c1-13(7-4-6-12)10(14)15-8-5-9-16(2,3)11/h4-5,7-9H2,1-3H3. The SMILES string of the molecule is CN(CCC#N)C(=O)OCCC[Si](C)(C)Cl. The van der Waals surface area contributed by atoms with E-state index < -0.39 is 7.38 Å². The summed E-state index contributed by atoms with van der Waals surface area (Å²) in [4.78, 5) is 12.8. The molecule has 0 spiro atoms. The Balaban J connectivity index is 3.62. The molecule has 0 atom stereocenters. The van der Waals surface area contributed by atoms with Gasteiger partial charge >= 0.3 is 6.09 Å². The summed E-state index contributed by atoms with van der Waals surface area (Å²) in [5.41, 5.74) is 0. The lowest BCUT2D eigenvalue weighted by atomic mass is 10.4. The first kappa shape index (κ1) is 15.3. The van der Waals surface area contributed by atoms with E-state index in [0.29, 0.717) is 19.6 Å². The number of carbonyl (C=O) groups is 1. The van der Waals surface area contributed by atoms with Crippen LogP contribution in [-0.4, -0.2) is 38.6 Å². The minimum Gasteiger partial charge on any atom is -0.449 e. The molecule has 0 aliphatic rings. The molecule has 0 fully saturated rings. The molecule has 16 heavy (non-hydrogen) atoms. The van der Waals surface area contributed by atoms with Crippen LogP contribution in [0.5, 0.6) is 0 Å². The monoisotopic (exact) mass is 262 g/mol. The van der Waals surface area contributed by atoms with Gasteiger partial charge in [-0.1, -0.05) is 13.1 Å². The van der Waals surface area contributed by atoms with Gasteiger partial charge in [0.1, 0.15) is 0 Å². The smallest absolute Gasteiger partial charge is 0.409 e. The molecule has 92 valence electrons. The average molecular weight is 263 g/mol. The van der Waals surface area contributed by atoms with Crippen LogP contribution in [0.1, 0.15) is 12.8 Å². The Morgan fingerprint density at radius 3 is 2.69 bits per heavy atom. The molecular formula is C10H19ClN2O2Si. The van der Waals surface area contributed by atoms with Crippen molar-refractivity contribution in [2.45, 2.75) is 32.0 Å². The third-order valence-electron chi connectivity index (χ3n) is 2.01. The molecule has 0 aliphatic carbocycles. The van der Waals surface area contributed by atoms with Gasteiger partial charge in [-0.2, -0.15) is 16.3 Å². The van der Waals surface area contributed by atoms with Gasteiger partial charge < -0.3 is 9.64 Å². The van der Waals surface area contributed by atoms with Crippen LogP contribution in [0.4, 0.5) is 4.79 Å². The summed E-state index contributed by atoms with van der Waals surface area (Å²) in [6.07, 6.45) is 0.762. The number of nitrogens with zero attached hydrogens (tertiary/aromatic N) is 2. The zero-order chi connectivity index (χ0) is 12.6. The Morgan fingerprint density at radius 1 is 1.56 bits per heavy atom. The van der Waals surface area contributed by atoms with Crippen LogP contribution in [0.2, 0.25) is 19.1 Å². The third kappa shape index (κ3) is 8.57. The topological polar surface area (TPSA) is 53.3 Å². The molecule has 0 heterocycles. The van der Waals surface area contributed by atoms with Crippen molar-refractivity contribution in [1.29, 1.82) is 5.26 Å². The molecule has 0 rings (SSSR count). The molecule has 4 nitrogen and oxygen atoms in total. The molecule has 0 saturated carbocycles. The van der Waals surface area contributed by atoms with Crippen LogP contribution in [0.15, 0.2) is 0 Å². The predicted molar refractivity (Wildman–Crippen MR) is 67.0 cm³/mol. The average Bonchev–Trinajstić information content (AvgIpc) is 2.19. The van der Waals surface area contributed by atoms with Crippen molar-refractivity contribution in [3.05, 3.63) is 0 Å². The van der Waals surface area contributed by atoms with Crippen LogP contribution in [0, 0.1) is 11.3 Å². The lowest BCUT2D eigenvalue weighted by Crippen LogP contribution is -2.28. The van der Waals surface area contributed by atoms with Gasteiger partial charge in [-0.25, -0.2) is 4.79 Å². The Bertz CT molecular complexity index is 261. The fourth-order valence-electron chi connectivity index (χ4n) is 1.07. The Morgan fingerprint density at radius 2 is 2.19 bits per heavy atom. The van der Waals surface area contributed by atoms with E-state index in [4.69, 9.17) is 21.1 Å². The van der Waals surface area contributed by atoms with Crippen molar-refractivity contribution >= 4 is 24.6 Å². The molecule has 0 aliphatic heterocycles. The fourth-order valence-corrected chi connectivity index (χ4v) is 2.46. The molecule has 0 bridgehead atoms. The second kappa shape index (κ2) is 7.53. The van der Waals surface area contributed by atoms with E-state index >= 15 is 0 Å². The van der Waals surface area contributed by atoms with Gasteiger partial charge in [0.2, 0.25) is 0 Å². The van der Waals surface area contributed by atoms with Crippen molar-refractivity contribution in [2.75, 3.05) is 20.2 Å². The van der Waals surface area contributed by atoms with Crippen molar-refractivity contribution in [2.24, 2.45) is 0 Å². The summed E-state index contributed by atoms with van der Waals surface area (Å²) in [5, 5.41) is 8.36. The molecular weight excluding hydrogens is 244 g/mol. The van der Waals surface area contributed by atoms with Crippen LogP contribution < -0.4 is 0 Å². The van der Waals surface area contributed by atoms with Crippen molar-refractivity contribution < 1.29 is 9.53 Å². The maximum Gasteiger partial charge on any atom is 0.409 e. The molecule has 1 amide bonds. The van der Waals surface area contributed by atoms with Crippen LogP contribution in [0.25, 0.3) is 0 Å². The van der Waals surface area contributed by atoms with Crippen molar-refractivity contribution in [3.8, 4) is 6.07 Å². The molecule has 0 aromatic carbocycles. The van der Waals surface area contributed by atoms with Gasteiger partial charge in [0.15, 0.2) is 7.38 Å². The Hall–Kier alpha value is -0.733. The van der Waals surface area contributed by atoms with Gasteiger partial charge in [-0.05, 0) is 12.5 Å². The number of nitriles is 1. The first-order valence-corrected chi connectivity index (χ1v) is 9.52. The number of halogens is 1. The Labute approximate surface area is 103 Å². The third-order valence-corrected chi connectivity index (χ3v) is 4.12. The van der Waals surface area contributed by atoms with Gasteiger partial charge in [-0.15, -0.1) is 0 Å². The molecule has 0 radical (unpaired) electrons. The molecule has 0 N–H and O–H groups in total. The highest BCUT2D eigenvalue weighted by atomic mass is 35.6. The van der Waals surface area contributed by atoms with Gasteiger partial charge in [0.25, 0.3) is 0 Å². The highest BCUT2D eigenvalue weighted by molar-refractivity contribution is 7.19. The normalized spacial score (nSPS) is 10.7. The number of ether oxygens (including phenoxy) is 1. The van der Waals surface area contributed by atoms with Crippen molar-refractivity contribution in [1.82, 2.24) is 4.90 Å². The van der Waals surface area contributed by atoms with E-state index in [0.717, 1.165) is 12.5 Å². The summed E-state index contributed by atoms with van der Waals surface area (Å²) < 4.78 is 5.04. The number of carbonyl (C=O) groups excluding carboxylic acids is 1. The lowest BCUT2D eigenvalue weighted by molar-refractivity contribution is 0.112. The van der Waals surface area contributed by atoms with Crippen LogP contribution in [0.3, 0.4) is 0 Å². The lowest BCUT2D eigenvalue weighted by Gasteiger charge is -2.16. The zero-order valence-corrected chi connectivity index (χ0v) is 11.9. The molecule has 0 saturated heterocycles. The van der Waals surface area contributed by atoms with E-state index in [2.05, 4.69) is 13.1 Å².